The molecule has 3 nitrogen and oxygen atoms in total. The molecular weight excluding hydrogens is 246 g/mol. The Morgan fingerprint density at radius 3 is 2.78 bits per heavy atom. The number of halogens is 1. The lowest BCUT2D eigenvalue weighted by atomic mass is 10.0. The summed E-state index contributed by atoms with van der Waals surface area (Å²) in [5, 5.41) is 3.91. The van der Waals surface area contributed by atoms with Crippen molar-refractivity contribution >= 4 is 17.4 Å². The highest BCUT2D eigenvalue weighted by molar-refractivity contribution is 6.31. The molecule has 2 aliphatic rings. The second kappa shape index (κ2) is 5.06. The molecule has 0 amide bonds. The quantitative estimate of drug-likeness (QED) is 0.911. The zero-order valence-corrected chi connectivity index (χ0v) is 11.6. The minimum Gasteiger partial charge on any atom is -0.356 e. The third-order valence-corrected chi connectivity index (χ3v) is 4.68. The van der Waals surface area contributed by atoms with E-state index < -0.39 is 0 Å². The Morgan fingerprint density at radius 1 is 1.39 bits per heavy atom. The van der Waals surface area contributed by atoms with Crippen LogP contribution in [0.5, 0.6) is 0 Å². The van der Waals surface area contributed by atoms with Gasteiger partial charge in [0.05, 0.1) is 5.02 Å². The van der Waals surface area contributed by atoms with Crippen LogP contribution in [0.25, 0.3) is 0 Å². The van der Waals surface area contributed by atoms with Crippen LogP contribution in [0.1, 0.15) is 24.8 Å². The summed E-state index contributed by atoms with van der Waals surface area (Å²) in [6, 6.07) is 2.14. The van der Waals surface area contributed by atoms with Crippen molar-refractivity contribution in [2.24, 2.45) is 11.8 Å². The molecule has 3 rings (SSSR count). The maximum Gasteiger partial charge on any atom is 0.128 e. The van der Waals surface area contributed by atoms with E-state index in [1.54, 1.807) is 6.20 Å². The number of nitrogens with zero attached hydrogens (tertiary/aromatic N) is 2. The maximum absolute atomic E-state index is 6.16. The Labute approximate surface area is 114 Å². The van der Waals surface area contributed by atoms with Crippen LogP contribution in [0.4, 0.5) is 5.82 Å². The Bertz CT molecular complexity index is 423. The zero-order valence-electron chi connectivity index (χ0n) is 10.8. The summed E-state index contributed by atoms with van der Waals surface area (Å²) in [6.07, 6.45) is 6.01. The van der Waals surface area contributed by atoms with Crippen LogP contribution in [0, 0.1) is 11.8 Å². The third kappa shape index (κ3) is 2.21. The van der Waals surface area contributed by atoms with E-state index >= 15 is 0 Å². The van der Waals surface area contributed by atoms with E-state index in [0.717, 1.165) is 34.8 Å². The molecule has 2 heterocycles. The first-order valence-electron chi connectivity index (χ1n) is 6.82. The van der Waals surface area contributed by atoms with E-state index in [4.69, 9.17) is 11.6 Å². The molecule has 4 heteroatoms. The number of fused-ring (bicyclic) bond motifs is 1. The van der Waals surface area contributed by atoms with Crippen molar-refractivity contribution in [1.29, 1.82) is 0 Å². The molecule has 0 spiro atoms. The lowest BCUT2D eigenvalue weighted by molar-refractivity contribution is 0.494. The van der Waals surface area contributed by atoms with Gasteiger partial charge in [-0.25, -0.2) is 4.98 Å². The number of pyridine rings is 1. The fourth-order valence-corrected chi connectivity index (χ4v) is 3.56. The van der Waals surface area contributed by atoms with E-state index in [9.17, 15) is 0 Å². The highest BCUT2D eigenvalue weighted by Gasteiger charge is 2.36. The monoisotopic (exact) mass is 265 g/mol. The topological polar surface area (TPSA) is 28.2 Å². The van der Waals surface area contributed by atoms with E-state index in [2.05, 4.69) is 21.3 Å². The molecule has 1 aromatic heterocycles. The van der Waals surface area contributed by atoms with Gasteiger partial charge in [0, 0.05) is 25.8 Å². The number of hydrogen-bond donors (Lipinski definition) is 1. The van der Waals surface area contributed by atoms with Crippen molar-refractivity contribution in [1.82, 2.24) is 10.3 Å². The summed E-state index contributed by atoms with van der Waals surface area (Å²) in [5.74, 6) is 2.89. The molecule has 2 atom stereocenters. The van der Waals surface area contributed by atoms with Gasteiger partial charge in [-0.3, -0.25) is 0 Å². The number of aromatic nitrogens is 1. The van der Waals surface area contributed by atoms with Gasteiger partial charge in [-0.1, -0.05) is 18.0 Å². The third-order valence-electron chi connectivity index (χ3n) is 4.34. The Kier molecular flexibility index (Phi) is 3.44. The predicted octanol–water partition coefficient (Wildman–Crippen LogP) is 2.69. The van der Waals surface area contributed by atoms with Crippen molar-refractivity contribution in [2.75, 3.05) is 25.0 Å². The summed E-state index contributed by atoms with van der Waals surface area (Å²) in [4.78, 5) is 6.93. The number of nitrogens with one attached hydrogen (secondary N) is 1. The highest BCUT2D eigenvalue weighted by atomic mass is 35.5. The lowest BCUT2D eigenvalue weighted by Crippen LogP contribution is -2.22. The molecule has 0 radical (unpaired) electrons. The SMILES string of the molecule is CNCc1cc(N2CC3CCCC3C2)ncc1Cl. The van der Waals surface area contributed by atoms with Crippen LogP contribution in [0.2, 0.25) is 5.02 Å². The molecule has 1 N–H and O–H groups in total. The van der Waals surface area contributed by atoms with Crippen molar-refractivity contribution < 1.29 is 0 Å². The summed E-state index contributed by atoms with van der Waals surface area (Å²) >= 11 is 6.16. The molecule has 0 bridgehead atoms. The normalized spacial score (nSPS) is 26.7. The van der Waals surface area contributed by atoms with Crippen LogP contribution in [0.15, 0.2) is 12.3 Å². The molecule has 98 valence electrons. The minimum atomic E-state index is 0.757. The zero-order chi connectivity index (χ0) is 12.5. The van der Waals surface area contributed by atoms with Gasteiger partial charge in [0.15, 0.2) is 0 Å². The van der Waals surface area contributed by atoms with E-state index in [1.165, 1.54) is 32.4 Å². The van der Waals surface area contributed by atoms with Crippen LogP contribution >= 0.6 is 11.6 Å². The standard InChI is InChI=1S/C14H20ClN3/c1-16-6-12-5-14(17-7-13(12)15)18-8-10-3-2-4-11(10)9-18/h5,7,10-11,16H,2-4,6,8-9H2,1H3. The largest absolute Gasteiger partial charge is 0.356 e. The fourth-order valence-electron chi connectivity index (χ4n) is 3.39. The van der Waals surface area contributed by atoms with Crippen LogP contribution in [-0.4, -0.2) is 25.1 Å². The summed E-state index contributed by atoms with van der Waals surface area (Å²) < 4.78 is 0. The second-order valence-corrected chi connectivity index (χ2v) is 5.93. The van der Waals surface area contributed by atoms with Gasteiger partial charge >= 0.3 is 0 Å². The summed E-state index contributed by atoms with van der Waals surface area (Å²) in [7, 11) is 1.94. The number of anilines is 1. The van der Waals surface area contributed by atoms with Gasteiger partial charge in [-0.2, -0.15) is 0 Å². The Balaban J connectivity index is 1.78. The Morgan fingerprint density at radius 2 is 2.11 bits per heavy atom. The van der Waals surface area contributed by atoms with Crippen LogP contribution in [0.3, 0.4) is 0 Å². The molecule has 0 aromatic carbocycles. The van der Waals surface area contributed by atoms with E-state index in [0.29, 0.717) is 0 Å². The first-order chi connectivity index (χ1) is 8.78. The van der Waals surface area contributed by atoms with Crippen molar-refractivity contribution in [3.63, 3.8) is 0 Å². The Hall–Kier alpha value is -0.800. The predicted molar refractivity (Wildman–Crippen MR) is 75.1 cm³/mol. The average Bonchev–Trinajstić information content (AvgIpc) is 2.92. The smallest absolute Gasteiger partial charge is 0.128 e. The lowest BCUT2D eigenvalue weighted by Gasteiger charge is -2.19. The van der Waals surface area contributed by atoms with Gasteiger partial charge in [0.2, 0.25) is 0 Å². The summed E-state index contributed by atoms with van der Waals surface area (Å²) in [6.45, 7) is 3.16. The van der Waals surface area contributed by atoms with Crippen LogP contribution in [-0.2, 0) is 6.54 Å². The second-order valence-electron chi connectivity index (χ2n) is 5.52. The average molecular weight is 266 g/mol. The maximum atomic E-state index is 6.16. The molecule has 1 aromatic rings. The fraction of sp³-hybridized carbons (Fsp3) is 0.643. The highest BCUT2D eigenvalue weighted by Crippen LogP contribution is 2.39. The molecule has 1 saturated carbocycles. The molecule has 1 aliphatic carbocycles. The van der Waals surface area contributed by atoms with Gasteiger partial charge in [0.25, 0.3) is 0 Å². The molecule has 1 saturated heterocycles. The van der Waals surface area contributed by atoms with Crippen molar-refractivity contribution in [3.8, 4) is 0 Å². The van der Waals surface area contributed by atoms with E-state index in [-0.39, 0.29) is 0 Å². The first-order valence-corrected chi connectivity index (χ1v) is 7.19. The number of rotatable bonds is 3. The molecule has 2 unspecified atom stereocenters. The molecule has 1 aliphatic heterocycles. The van der Waals surface area contributed by atoms with Gasteiger partial charge in [0.1, 0.15) is 5.82 Å². The molecule has 2 fully saturated rings. The van der Waals surface area contributed by atoms with Crippen molar-refractivity contribution in [3.05, 3.63) is 22.8 Å². The molecular formula is C14H20ClN3. The van der Waals surface area contributed by atoms with E-state index in [1.807, 2.05) is 7.05 Å². The van der Waals surface area contributed by atoms with Gasteiger partial charge in [-0.15, -0.1) is 0 Å². The summed E-state index contributed by atoms with van der Waals surface area (Å²) in [5.41, 5.74) is 1.14. The molecule has 18 heavy (non-hydrogen) atoms. The van der Waals surface area contributed by atoms with Gasteiger partial charge < -0.3 is 10.2 Å². The first kappa shape index (κ1) is 12.2. The number of hydrogen-bond acceptors (Lipinski definition) is 3. The van der Waals surface area contributed by atoms with Gasteiger partial charge in [-0.05, 0) is 43.4 Å². The van der Waals surface area contributed by atoms with Crippen LogP contribution < -0.4 is 10.2 Å². The minimum absolute atomic E-state index is 0.757. The van der Waals surface area contributed by atoms with Crippen molar-refractivity contribution in [2.45, 2.75) is 25.8 Å².